The largest absolute Gasteiger partial charge is 0.573 e. The molecule has 9 heteroatoms. The number of carbonyl (C=O) groups excluding carboxylic acids is 2. The van der Waals surface area contributed by atoms with Crippen molar-refractivity contribution in [3.8, 4) is 5.75 Å². The number of amides is 3. The van der Waals surface area contributed by atoms with Gasteiger partial charge in [0, 0.05) is 6.54 Å². The second-order valence-electron chi connectivity index (χ2n) is 4.64. The van der Waals surface area contributed by atoms with E-state index in [4.69, 9.17) is 5.73 Å². The highest BCUT2D eigenvalue weighted by molar-refractivity contribution is 5.96. The van der Waals surface area contributed by atoms with Crippen LogP contribution in [0, 0.1) is 0 Å². The molecule has 1 aromatic rings. The summed E-state index contributed by atoms with van der Waals surface area (Å²) in [5.74, 6) is -0.884. The number of nitrogens with one attached hydrogen (secondary N) is 1. The maximum Gasteiger partial charge on any atom is 0.573 e. The molecule has 122 valence electrons. The number of rotatable bonds is 5. The summed E-state index contributed by atoms with van der Waals surface area (Å²) >= 11 is 0. The van der Waals surface area contributed by atoms with Crippen molar-refractivity contribution in [2.24, 2.45) is 5.73 Å². The van der Waals surface area contributed by atoms with Crippen molar-refractivity contribution >= 4 is 11.9 Å². The maximum absolute atomic E-state index is 12.0. The van der Waals surface area contributed by atoms with Gasteiger partial charge in [0.1, 0.15) is 5.75 Å². The number of primary amides is 1. The Bertz CT molecular complexity index is 532. The summed E-state index contributed by atoms with van der Waals surface area (Å²) < 4.78 is 39.9. The molecule has 3 amide bonds. The second kappa shape index (κ2) is 7.12. The van der Waals surface area contributed by atoms with Crippen molar-refractivity contribution in [2.45, 2.75) is 25.9 Å². The summed E-state index contributed by atoms with van der Waals surface area (Å²) in [6, 6.07) is 3.69. The minimum absolute atomic E-state index is 0.291. The van der Waals surface area contributed by atoms with Crippen molar-refractivity contribution < 1.29 is 27.5 Å². The minimum atomic E-state index is -4.74. The predicted octanol–water partition coefficient (Wildman–Crippen LogP) is 1.60. The minimum Gasteiger partial charge on any atom is -0.406 e. The van der Waals surface area contributed by atoms with Crippen LogP contribution in [0.25, 0.3) is 0 Å². The first-order chi connectivity index (χ1) is 10.1. The zero-order valence-electron chi connectivity index (χ0n) is 12.0. The Hall–Kier alpha value is -2.29. The highest BCUT2D eigenvalue weighted by Gasteiger charge is 2.31. The van der Waals surface area contributed by atoms with Gasteiger partial charge in [-0.1, -0.05) is 12.1 Å². The van der Waals surface area contributed by atoms with E-state index in [-0.39, 0.29) is 5.75 Å². The molecule has 0 bridgehead atoms. The number of alkyl halides is 3. The van der Waals surface area contributed by atoms with Crippen LogP contribution in [0.2, 0.25) is 0 Å². The number of carbonyl (C=O) groups is 2. The molecule has 1 atom stereocenters. The molecule has 0 aliphatic heterocycles. The van der Waals surface area contributed by atoms with E-state index in [2.05, 4.69) is 4.74 Å². The van der Waals surface area contributed by atoms with E-state index in [0.29, 0.717) is 12.1 Å². The van der Waals surface area contributed by atoms with Crippen LogP contribution in [0.4, 0.5) is 18.0 Å². The third kappa shape index (κ3) is 6.00. The molecule has 0 fully saturated rings. The molecule has 1 aromatic carbocycles. The summed E-state index contributed by atoms with van der Waals surface area (Å²) in [6.07, 6.45) is -4.74. The number of benzene rings is 1. The monoisotopic (exact) mass is 319 g/mol. The Morgan fingerprint density at radius 1 is 1.32 bits per heavy atom. The van der Waals surface area contributed by atoms with Crippen molar-refractivity contribution in [1.29, 1.82) is 0 Å². The van der Waals surface area contributed by atoms with Gasteiger partial charge in [-0.25, -0.2) is 4.79 Å². The van der Waals surface area contributed by atoms with Gasteiger partial charge < -0.3 is 10.5 Å². The Balaban J connectivity index is 2.63. The fraction of sp³-hybridized carbons (Fsp3) is 0.385. The molecular formula is C13H16F3N3O3. The SMILES string of the molecule is CC(C(=O)NC(N)=O)N(C)Cc1ccc(OC(F)(F)F)cc1. The van der Waals surface area contributed by atoms with Gasteiger partial charge >= 0.3 is 12.4 Å². The quantitative estimate of drug-likeness (QED) is 0.863. The van der Waals surface area contributed by atoms with E-state index in [0.717, 1.165) is 0 Å². The molecule has 0 saturated carbocycles. The maximum atomic E-state index is 12.0. The fourth-order valence-corrected chi connectivity index (χ4v) is 1.65. The first-order valence-corrected chi connectivity index (χ1v) is 6.23. The van der Waals surface area contributed by atoms with Crippen LogP contribution >= 0.6 is 0 Å². The zero-order valence-corrected chi connectivity index (χ0v) is 12.0. The molecular weight excluding hydrogens is 303 g/mol. The van der Waals surface area contributed by atoms with Crippen LogP contribution in [0.3, 0.4) is 0 Å². The summed E-state index contributed by atoms with van der Waals surface area (Å²) in [7, 11) is 1.63. The smallest absolute Gasteiger partial charge is 0.406 e. The fourth-order valence-electron chi connectivity index (χ4n) is 1.65. The van der Waals surface area contributed by atoms with E-state index in [1.54, 1.807) is 18.9 Å². The van der Waals surface area contributed by atoms with Crippen LogP contribution in [0.1, 0.15) is 12.5 Å². The van der Waals surface area contributed by atoms with Crippen molar-refractivity contribution in [2.75, 3.05) is 7.05 Å². The first-order valence-electron chi connectivity index (χ1n) is 6.23. The van der Waals surface area contributed by atoms with E-state index in [9.17, 15) is 22.8 Å². The summed E-state index contributed by atoms with van der Waals surface area (Å²) in [5.41, 5.74) is 5.53. The van der Waals surface area contributed by atoms with E-state index in [1.165, 1.54) is 24.3 Å². The molecule has 1 unspecified atom stereocenters. The topological polar surface area (TPSA) is 84.7 Å². The van der Waals surface area contributed by atoms with Crippen LogP contribution in [0.5, 0.6) is 5.75 Å². The molecule has 0 aliphatic rings. The van der Waals surface area contributed by atoms with Gasteiger partial charge in [0.15, 0.2) is 0 Å². The molecule has 0 spiro atoms. The lowest BCUT2D eigenvalue weighted by Crippen LogP contribution is -2.46. The van der Waals surface area contributed by atoms with Gasteiger partial charge in [-0.2, -0.15) is 0 Å². The lowest BCUT2D eigenvalue weighted by molar-refractivity contribution is -0.274. The number of likely N-dealkylation sites (N-methyl/N-ethyl adjacent to an activating group) is 1. The molecule has 0 heterocycles. The van der Waals surface area contributed by atoms with Crippen molar-refractivity contribution in [3.63, 3.8) is 0 Å². The highest BCUT2D eigenvalue weighted by atomic mass is 19.4. The highest BCUT2D eigenvalue weighted by Crippen LogP contribution is 2.23. The van der Waals surface area contributed by atoms with Gasteiger partial charge in [-0.15, -0.1) is 13.2 Å². The zero-order chi connectivity index (χ0) is 16.9. The van der Waals surface area contributed by atoms with Gasteiger partial charge in [-0.3, -0.25) is 15.0 Å². The Morgan fingerprint density at radius 3 is 2.32 bits per heavy atom. The Morgan fingerprint density at radius 2 is 1.86 bits per heavy atom. The second-order valence-corrected chi connectivity index (χ2v) is 4.64. The van der Waals surface area contributed by atoms with Crippen molar-refractivity contribution in [3.05, 3.63) is 29.8 Å². The molecule has 22 heavy (non-hydrogen) atoms. The van der Waals surface area contributed by atoms with Gasteiger partial charge in [0.05, 0.1) is 6.04 Å². The number of imide groups is 1. The molecule has 0 aromatic heterocycles. The number of hydrogen-bond donors (Lipinski definition) is 2. The molecule has 0 radical (unpaired) electrons. The number of nitrogens with zero attached hydrogens (tertiary/aromatic N) is 1. The van der Waals surface area contributed by atoms with Crippen molar-refractivity contribution in [1.82, 2.24) is 10.2 Å². The van der Waals surface area contributed by atoms with Gasteiger partial charge in [0.2, 0.25) is 5.91 Å². The van der Waals surface area contributed by atoms with Crippen LogP contribution in [0.15, 0.2) is 24.3 Å². The normalized spacial score (nSPS) is 12.8. The van der Waals surface area contributed by atoms with E-state index in [1.807, 2.05) is 5.32 Å². The average molecular weight is 319 g/mol. The number of ether oxygens (including phenoxy) is 1. The van der Waals surface area contributed by atoms with Gasteiger partial charge in [0.25, 0.3) is 0 Å². The number of halogens is 3. The van der Waals surface area contributed by atoms with E-state index < -0.39 is 24.3 Å². The lowest BCUT2D eigenvalue weighted by atomic mass is 10.2. The summed E-state index contributed by atoms with van der Waals surface area (Å²) in [4.78, 5) is 23.8. The summed E-state index contributed by atoms with van der Waals surface area (Å²) in [5, 5.41) is 1.96. The van der Waals surface area contributed by atoms with Crippen LogP contribution in [-0.4, -0.2) is 36.3 Å². The molecule has 0 saturated heterocycles. The third-order valence-electron chi connectivity index (χ3n) is 2.88. The Labute approximate surface area is 125 Å². The van der Waals surface area contributed by atoms with Crippen LogP contribution < -0.4 is 15.8 Å². The van der Waals surface area contributed by atoms with E-state index >= 15 is 0 Å². The standard InChI is InChI=1S/C13H16F3N3O3/c1-8(11(20)18-12(17)21)19(2)7-9-3-5-10(6-4-9)22-13(14,15)16/h3-6,8H,7H2,1-2H3,(H3,17,18,20,21). The number of hydrogen-bond acceptors (Lipinski definition) is 4. The number of nitrogens with two attached hydrogens (primary N) is 1. The molecule has 0 aliphatic carbocycles. The van der Waals surface area contributed by atoms with Gasteiger partial charge in [-0.05, 0) is 31.7 Å². The molecule has 6 nitrogen and oxygen atoms in total. The summed E-state index contributed by atoms with van der Waals surface area (Å²) in [6.45, 7) is 1.86. The predicted molar refractivity (Wildman–Crippen MR) is 71.8 cm³/mol. The Kier molecular flexibility index (Phi) is 5.75. The first kappa shape index (κ1) is 17.8. The molecule has 1 rings (SSSR count). The molecule has 3 N–H and O–H groups in total. The number of urea groups is 1. The third-order valence-corrected chi connectivity index (χ3v) is 2.88. The lowest BCUT2D eigenvalue weighted by Gasteiger charge is -2.23. The average Bonchev–Trinajstić information content (AvgIpc) is 2.37. The van der Waals surface area contributed by atoms with Crippen LogP contribution in [-0.2, 0) is 11.3 Å².